The van der Waals surface area contributed by atoms with E-state index in [1.165, 1.54) is 0 Å². The quantitative estimate of drug-likeness (QED) is 0.936. The van der Waals surface area contributed by atoms with Crippen LogP contribution in [0.1, 0.15) is 30.6 Å². The molecule has 2 rings (SSSR count). The van der Waals surface area contributed by atoms with Gasteiger partial charge in [0, 0.05) is 17.1 Å². The second-order valence-corrected chi connectivity index (χ2v) is 6.67. The monoisotopic (exact) mass is 292 g/mol. The normalized spacial score (nSPS) is 13.1. The fourth-order valence-corrected chi connectivity index (χ4v) is 2.81. The lowest BCUT2D eigenvalue weighted by atomic mass is 10.1. The summed E-state index contributed by atoms with van der Waals surface area (Å²) < 4.78 is 26.0. The van der Waals surface area contributed by atoms with Gasteiger partial charge in [-0.2, -0.15) is 0 Å². The first-order valence-corrected chi connectivity index (χ1v) is 7.90. The maximum Gasteiger partial charge on any atom is 0.265 e. The number of nitrogens with zero attached hydrogens (tertiary/aromatic N) is 1. The molecule has 20 heavy (non-hydrogen) atoms. The highest BCUT2D eigenvalue weighted by Crippen LogP contribution is 2.17. The molecule has 0 aliphatic heterocycles. The molecule has 2 aromatic rings. The average molecular weight is 292 g/mol. The Hall–Kier alpha value is -1.95. The Morgan fingerprint density at radius 1 is 1.30 bits per heavy atom. The van der Waals surface area contributed by atoms with Crippen molar-refractivity contribution >= 4 is 26.8 Å². The summed E-state index contributed by atoms with van der Waals surface area (Å²) in [4.78, 5) is 16.3. The van der Waals surface area contributed by atoms with Gasteiger partial charge in [-0.1, -0.05) is 19.1 Å². The van der Waals surface area contributed by atoms with Crippen molar-refractivity contribution in [1.29, 1.82) is 0 Å². The third kappa shape index (κ3) is 2.80. The van der Waals surface area contributed by atoms with Crippen LogP contribution in [0.25, 0.3) is 10.9 Å². The molecule has 0 aliphatic rings. The van der Waals surface area contributed by atoms with Crippen LogP contribution in [0.3, 0.4) is 0 Å². The SMILES string of the molecule is CCC(C)S(=O)(=O)NC(=O)c1cccc2ncccc12. The number of rotatable bonds is 4. The average Bonchev–Trinajstić information content (AvgIpc) is 2.45. The van der Waals surface area contributed by atoms with E-state index in [-0.39, 0.29) is 0 Å². The fourth-order valence-electron chi connectivity index (χ4n) is 1.81. The van der Waals surface area contributed by atoms with E-state index in [9.17, 15) is 13.2 Å². The Kier molecular flexibility index (Phi) is 4.04. The van der Waals surface area contributed by atoms with Gasteiger partial charge in [0.05, 0.1) is 10.8 Å². The van der Waals surface area contributed by atoms with Crippen molar-refractivity contribution in [3.63, 3.8) is 0 Å². The standard InChI is InChI=1S/C14H16N2O3S/c1-3-10(2)20(18,19)16-14(17)12-6-4-8-13-11(12)7-5-9-15-13/h4-10H,3H2,1-2H3,(H,16,17). The number of hydrogen-bond donors (Lipinski definition) is 1. The molecule has 0 bridgehead atoms. The highest BCUT2D eigenvalue weighted by Gasteiger charge is 2.23. The molecule has 0 saturated carbocycles. The second kappa shape index (κ2) is 5.58. The van der Waals surface area contributed by atoms with E-state index in [4.69, 9.17) is 0 Å². The highest BCUT2D eigenvalue weighted by molar-refractivity contribution is 7.90. The van der Waals surface area contributed by atoms with Crippen molar-refractivity contribution in [2.24, 2.45) is 0 Å². The number of benzene rings is 1. The minimum atomic E-state index is -3.65. The van der Waals surface area contributed by atoms with Gasteiger partial charge in [-0.25, -0.2) is 13.1 Å². The van der Waals surface area contributed by atoms with E-state index in [1.807, 2.05) is 0 Å². The van der Waals surface area contributed by atoms with E-state index < -0.39 is 21.2 Å². The van der Waals surface area contributed by atoms with Gasteiger partial charge in [-0.3, -0.25) is 9.78 Å². The summed E-state index contributed by atoms with van der Waals surface area (Å²) >= 11 is 0. The summed E-state index contributed by atoms with van der Waals surface area (Å²) in [6.07, 6.45) is 2.07. The molecule has 106 valence electrons. The van der Waals surface area contributed by atoms with E-state index in [2.05, 4.69) is 9.71 Å². The molecule has 1 heterocycles. The Morgan fingerprint density at radius 2 is 2.05 bits per heavy atom. The van der Waals surface area contributed by atoms with Crippen LogP contribution < -0.4 is 4.72 Å². The summed E-state index contributed by atoms with van der Waals surface area (Å²) in [5.41, 5.74) is 0.962. The predicted octanol–water partition coefficient (Wildman–Crippen LogP) is 2.09. The molecule has 0 fully saturated rings. The molecule has 0 radical (unpaired) electrons. The molecule has 0 spiro atoms. The van der Waals surface area contributed by atoms with Crippen molar-refractivity contribution in [2.75, 3.05) is 0 Å². The summed E-state index contributed by atoms with van der Waals surface area (Å²) in [6.45, 7) is 3.33. The minimum Gasteiger partial charge on any atom is -0.268 e. The number of carbonyl (C=O) groups is 1. The van der Waals surface area contributed by atoms with Crippen LogP contribution in [0.5, 0.6) is 0 Å². The first-order chi connectivity index (χ1) is 9.45. The van der Waals surface area contributed by atoms with Crippen molar-refractivity contribution in [3.05, 3.63) is 42.1 Å². The van der Waals surface area contributed by atoms with Crippen molar-refractivity contribution < 1.29 is 13.2 Å². The molecule has 1 atom stereocenters. The molecule has 0 saturated heterocycles. The van der Waals surface area contributed by atoms with Gasteiger partial charge in [0.25, 0.3) is 5.91 Å². The third-order valence-electron chi connectivity index (χ3n) is 3.23. The first-order valence-electron chi connectivity index (χ1n) is 6.35. The van der Waals surface area contributed by atoms with Crippen LogP contribution in [-0.2, 0) is 10.0 Å². The molecule has 0 aliphatic carbocycles. The second-order valence-electron chi connectivity index (χ2n) is 4.57. The maximum absolute atomic E-state index is 12.2. The number of aromatic nitrogens is 1. The number of hydrogen-bond acceptors (Lipinski definition) is 4. The number of nitrogens with one attached hydrogen (secondary N) is 1. The topological polar surface area (TPSA) is 76.1 Å². The van der Waals surface area contributed by atoms with Crippen LogP contribution in [0.2, 0.25) is 0 Å². The number of sulfonamides is 1. The van der Waals surface area contributed by atoms with Crippen molar-refractivity contribution in [2.45, 2.75) is 25.5 Å². The molecule has 5 nitrogen and oxygen atoms in total. The van der Waals surface area contributed by atoms with Gasteiger partial charge >= 0.3 is 0 Å². The van der Waals surface area contributed by atoms with E-state index in [1.54, 1.807) is 50.4 Å². The van der Waals surface area contributed by atoms with Gasteiger partial charge in [-0.15, -0.1) is 0 Å². The Bertz CT molecular complexity index is 736. The summed E-state index contributed by atoms with van der Waals surface area (Å²) in [7, 11) is -3.65. The Balaban J connectivity index is 2.38. The number of carbonyl (C=O) groups excluding carboxylic acids is 1. The molecule has 1 N–H and O–H groups in total. The van der Waals surface area contributed by atoms with Gasteiger partial charge in [0.1, 0.15) is 0 Å². The fraction of sp³-hybridized carbons (Fsp3) is 0.286. The zero-order valence-electron chi connectivity index (χ0n) is 11.3. The largest absolute Gasteiger partial charge is 0.268 e. The summed E-state index contributed by atoms with van der Waals surface area (Å²) in [6, 6.07) is 8.50. The summed E-state index contributed by atoms with van der Waals surface area (Å²) in [5, 5.41) is 0.0198. The lowest BCUT2D eigenvalue weighted by Gasteiger charge is -2.12. The Morgan fingerprint density at radius 3 is 2.75 bits per heavy atom. The third-order valence-corrected chi connectivity index (χ3v) is 5.09. The Labute approximate surface area is 118 Å². The molecule has 6 heteroatoms. The van der Waals surface area contributed by atoms with Gasteiger partial charge in [0.2, 0.25) is 10.0 Å². The van der Waals surface area contributed by atoms with Crippen LogP contribution in [0.4, 0.5) is 0 Å². The molecular formula is C14H16N2O3S. The van der Waals surface area contributed by atoms with E-state index >= 15 is 0 Å². The number of pyridine rings is 1. The molecule has 1 amide bonds. The van der Waals surface area contributed by atoms with Gasteiger partial charge in [-0.05, 0) is 31.5 Å². The molecule has 1 unspecified atom stereocenters. The zero-order valence-corrected chi connectivity index (χ0v) is 12.1. The van der Waals surface area contributed by atoms with Gasteiger partial charge < -0.3 is 0 Å². The summed E-state index contributed by atoms with van der Waals surface area (Å²) in [5.74, 6) is -0.621. The van der Waals surface area contributed by atoms with E-state index in [0.29, 0.717) is 22.9 Å². The first kappa shape index (κ1) is 14.5. The van der Waals surface area contributed by atoms with Crippen molar-refractivity contribution in [1.82, 2.24) is 9.71 Å². The minimum absolute atomic E-state index is 0.308. The predicted molar refractivity (Wildman–Crippen MR) is 77.9 cm³/mol. The smallest absolute Gasteiger partial charge is 0.265 e. The van der Waals surface area contributed by atoms with Crippen molar-refractivity contribution in [3.8, 4) is 0 Å². The van der Waals surface area contributed by atoms with Crippen LogP contribution in [0.15, 0.2) is 36.5 Å². The number of fused-ring (bicyclic) bond motifs is 1. The number of amides is 1. The maximum atomic E-state index is 12.2. The zero-order chi connectivity index (χ0) is 14.8. The van der Waals surface area contributed by atoms with Crippen LogP contribution in [0, 0.1) is 0 Å². The van der Waals surface area contributed by atoms with Gasteiger partial charge in [0.15, 0.2) is 0 Å². The lowest BCUT2D eigenvalue weighted by Crippen LogP contribution is -2.36. The lowest BCUT2D eigenvalue weighted by molar-refractivity contribution is 0.0982. The van der Waals surface area contributed by atoms with E-state index in [0.717, 1.165) is 0 Å². The highest BCUT2D eigenvalue weighted by atomic mass is 32.2. The molecule has 1 aromatic carbocycles. The van der Waals surface area contributed by atoms with Crippen LogP contribution in [-0.4, -0.2) is 24.6 Å². The molecular weight excluding hydrogens is 276 g/mol. The molecule has 1 aromatic heterocycles. The van der Waals surface area contributed by atoms with Crippen LogP contribution >= 0.6 is 0 Å².